The van der Waals surface area contributed by atoms with Gasteiger partial charge in [-0.15, -0.1) is 0 Å². The standard InChI is InChI=1S/C22H26N4O3/c1-4-17-9-11-18(12-10-17)16(2)24-23-15-19-7-5-6-8-20(19)21(25-27-3)22-26-29-14-13-28-22/h5-12,15,21,25H,4,13-14H2,1-3H3. The predicted octanol–water partition coefficient (Wildman–Crippen LogP) is 3.64. The van der Waals surface area contributed by atoms with Crippen molar-refractivity contribution in [1.82, 2.24) is 5.48 Å². The van der Waals surface area contributed by atoms with Gasteiger partial charge in [0.05, 0.1) is 19.0 Å². The lowest BCUT2D eigenvalue weighted by atomic mass is 10.0. The minimum absolute atomic E-state index is 0.412. The Labute approximate surface area is 171 Å². The number of hydrogen-bond acceptors (Lipinski definition) is 7. The van der Waals surface area contributed by atoms with Gasteiger partial charge in [-0.25, -0.2) is 0 Å². The topological polar surface area (TPSA) is 76.8 Å². The number of nitrogens with zero attached hydrogens (tertiary/aromatic N) is 3. The summed E-state index contributed by atoms with van der Waals surface area (Å²) in [4.78, 5) is 10.3. The van der Waals surface area contributed by atoms with E-state index in [1.165, 1.54) is 5.56 Å². The average molecular weight is 394 g/mol. The van der Waals surface area contributed by atoms with E-state index in [1.54, 1.807) is 13.3 Å². The minimum Gasteiger partial charge on any atom is -0.473 e. The summed E-state index contributed by atoms with van der Waals surface area (Å²) in [7, 11) is 1.55. The van der Waals surface area contributed by atoms with E-state index in [4.69, 9.17) is 14.4 Å². The first-order valence-corrected chi connectivity index (χ1v) is 9.60. The largest absolute Gasteiger partial charge is 0.473 e. The monoisotopic (exact) mass is 394 g/mol. The van der Waals surface area contributed by atoms with Gasteiger partial charge in [0.2, 0.25) is 5.90 Å². The molecule has 0 radical (unpaired) electrons. The summed E-state index contributed by atoms with van der Waals surface area (Å²) in [5.41, 5.74) is 7.87. The Morgan fingerprint density at radius 2 is 2.00 bits per heavy atom. The van der Waals surface area contributed by atoms with Crippen LogP contribution in [0.15, 0.2) is 63.9 Å². The zero-order valence-electron chi connectivity index (χ0n) is 17.0. The SMILES string of the molecule is CCc1ccc(C(C)=NN=Cc2ccccc2C(NOC)C2=NOCCO2)cc1. The van der Waals surface area contributed by atoms with Crippen LogP contribution >= 0.6 is 0 Å². The third kappa shape index (κ3) is 5.49. The van der Waals surface area contributed by atoms with E-state index in [1.807, 2.05) is 31.2 Å². The van der Waals surface area contributed by atoms with Crippen LogP contribution in [0.1, 0.15) is 42.1 Å². The molecule has 1 atom stereocenters. The van der Waals surface area contributed by atoms with Crippen LogP contribution in [0.25, 0.3) is 0 Å². The van der Waals surface area contributed by atoms with Crippen molar-refractivity contribution in [3.8, 4) is 0 Å². The van der Waals surface area contributed by atoms with Crippen LogP contribution in [-0.4, -0.2) is 38.1 Å². The van der Waals surface area contributed by atoms with Gasteiger partial charge < -0.3 is 14.4 Å². The molecule has 1 N–H and O–H groups in total. The molecule has 1 aliphatic rings. The molecule has 0 bridgehead atoms. The van der Waals surface area contributed by atoms with Crippen molar-refractivity contribution in [2.24, 2.45) is 15.4 Å². The first kappa shape index (κ1) is 20.7. The second-order valence-corrected chi connectivity index (χ2v) is 6.48. The molecule has 152 valence electrons. The van der Waals surface area contributed by atoms with Crippen molar-refractivity contribution < 1.29 is 14.4 Å². The number of oxime groups is 1. The number of hydroxylamine groups is 1. The molecular formula is C22H26N4O3. The quantitative estimate of drug-likeness (QED) is 0.548. The summed E-state index contributed by atoms with van der Waals surface area (Å²) in [6.07, 6.45) is 2.73. The summed E-state index contributed by atoms with van der Waals surface area (Å²) in [6, 6.07) is 15.7. The summed E-state index contributed by atoms with van der Waals surface area (Å²) in [6.45, 7) is 4.96. The second kappa shape index (κ2) is 10.5. The molecule has 7 heteroatoms. The Balaban J connectivity index is 1.82. The van der Waals surface area contributed by atoms with Gasteiger partial charge in [0.15, 0.2) is 6.61 Å². The van der Waals surface area contributed by atoms with E-state index in [2.05, 4.69) is 52.0 Å². The van der Waals surface area contributed by atoms with Gasteiger partial charge in [-0.1, -0.05) is 55.5 Å². The lowest BCUT2D eigenvalue weighted by Gasteiger charge is -2.23. The molecule has 0 saturated carbocycles. The molecular weight excluding hydrogens is 368 g/mol. The molecule has 2 aromatic rings. The van der Waals surface area contributed by atoms with Crippen molar-refractivity contribution in [2.75, 3.05) is 20.3 Å². The molecule has 3 rings (SSSR count). The fourth-order valence-corrected chi connectivity index (χ4v) is 2.93. The van der Waals surface area contributed by atoms with E-state index >= 15 is 0 Å². The molecule has 0 saturated heterocycles. The highest BCUT2D eigenvalue weighted by atomic mass is 16.7. The highest BCUT2D eigenvalue weighted by molar-refractivity contribution is 5.99. The number of aryl methyl sites for hydroxylation is 1. The first-order valence-electron chi connectivity index (χ1n) is 9.60. The number of ether oxygens (including phenoxy) is 1. The van der Waals surface area contributed by atoms with Gasteiger partial charge in [-0.2, -0.15) is 15.7 Å². The fraction of sp³-hybridized carbons (Fsp3) is 0.318. The minimum atomic E-state index is -0.422. The predicted molar refractivity (Wildman–Crippen MR) is 114 cm³/mol. The normalized spacial score (nSPS) is 15.6. The van der Waals surface area contributed by atoms with E-state index in [-0.39, 0.29) is 0 Å². The summed E-state index contributed by atoms with van der Waals surface area (Å²) in [5, 5.41) is 12.7. The lowest BCUT2D eigenvalue weighted by molar-refractivity contribution is 0.0359. The number of nitrogens with one attached hydrogen (secondary N) is 1. The van der Waals surface area contributed by atoms with Gasteiger partial charge in [0.1, 0.15) is 12.6 Å². The molecule has 7 nitrogen and oxygen atoms in total. The first-order chi connectivity index (χ1) is 14.2. The Morgan fingerprint density at radius 1 is 1.21 bits per heavy atom. The van der Waals surface area contributed by atoms with Crippen molar-refractivity contribution in [3.63, 3.8) is 0 Å². The molecule has 0 fully saturated rings. The molecule has 0 spiro atoms. The third-order valence-electron chi connectivity index (χ3n) is 4.55. The Morgan fingerprint density at radius 3 is 2.69 bits per heavy atom. The van der Waals surface area contributed by atoms with E-state index in [0.717, 1.165) is 28.8 Å². The van der Waals surface area contributed by atoms with Crippen LogP contribution in [0.4, 0.5) is 0 Å². The smallest absolute Gasteiger partial charge is 0.250 e. The molecule has 29 heavy (non-hydrogen) atoms. The van der Waals surface area contributed by atoms with Gasteiger partial charge in [0, 0.05) is 0 Å². The molecule has 0 aromatic heterocycles. The molecule has 1 heterocycles. The van der Waals surface area contributed by atoms with Crippen LogP contribution in [0.3, 0.4) is 0 Å². The summed E-state index contributed by atoms with van der Waals surface area (Å²) in [5.74, 6) is 0.412. The molecule has 1 unspecified atom stereocenters. The van der Waals surface area contributed by atoms with Gasteiger partial charge in [-0.3, -0.25) is 0 Å². The average Bonchev–Trinajstić information content (AvgIpc) is 2.78. The second-order valence-electron chi connectivity index (χ2n) is 6.48. The zero-order valence-corrected chi connectivity index (χ0v) is 17.0. The Kier molecular flexibility index (Phi) is 7.49. The third-order valence-corrected chi connectivity index (χ3v) is 4.55. The summed E-state index contributed by atoms with van der Waals surface area (Å²) >= 11 is 0. The van der Waals surface area contributed by atoms with Crippen LogP contribution < -0.4 is 5.48 Å². The maximum atomic E-state index is 5.63. The van der Waals surface area contributed by atoms with Crippen LogP contribution in [0, 0.1) is 0 Å². The van der Waals surface area contributed by atoms with Crippen molar-refractivity contribution >= 4 is 17.8 Å². The van der Waals surface area contributed by atoms with Gasteiger partial charge in [0.25, 0.3) is 0 Å². The Bertz CT molecular complexity index is 891. The zero-order chi connectivity index (χ0) is 20.5. The highest BCUT2D eigenvalue weighted by Crippen LogP contribution is 2.21. The van der Waals surface area contributed by atoms with Crippen LogP contribution in [0.2, 0.25) is 0 Å². The van der Waals surface area contributed by atoms with Gasteiger partial charge >= 0.3 is 0 Å². The number of rotatable bonds is 8. The van der Waals surface area contributed by atoms with Crippen molar-refractivity contribution in [2.45, 2.75) is 26.3 Å². The fourth-order valence-electron chi connectivity index (χ4n) is 2.93. The number of benzene rings is 2. The highest BCUT2D eigenvalue weighted by Gasteiger charge is 2.25. The van der Waals surface area contributed by atoms with E-state index in [9.17, 15) is 0 Å². The van der Waals surface area contributed by atoms with Gasteiger partial charge in [-0.05, 0) is 40.8 Å². The van der Waals surface area contributed by atoms with Crippen molar-refractivity contribution in [1.29, 1.82) is 0 Å². The summed E-state index contributed by atoms with van der Waals surface area (Å²) < 4.78 is 5.63. The van der Waals surface area contributed by atoms with Crippen LogP contribution in [0.5, 0.6) is 0 Å². The Hall–Kier alpha value is -3.03. The molecule has 1 aliphatic heterocycles. The maximum absolute atomic E-state index is 5.63. The molecule has 2 aromatic carbocycles. The van der Waals surface area contributed by atoms with E-state index in [0.29, 0.717) is 19.1 Å². The van der Waals surface area contributed by atoms with E-state index < -0.39 is 6.04 Å². The lowest BCUT2D eigenvalue weighted by Crippen LogP contribution is -2.33. The maximum Gasteiger partial charge on any atom is 0.250 e. The molecule has 0 aliphatic carbocycles. The molecule has 0 amide bonds. The van der Waals surface area contributed by atoms with Crippen LogP contribution in [-0.2, 0) is 20.8 Å². The van der Waals surface area contributed by atoms with Crippen molar-refractivity contribution in [3.05, 3.63) is 70.8 Å². The number of hydrogen-bond donors (Lipinski definition) is 1.